The van der Waals surface area contributed by atoms with E-state index in [9.17, 15) is 4.79 Å². The van der Waals surface area contributed by atoms with E-state index in [1.54, 1.807) is 6.07 Å². The predicted octanol–water partition coefficient (Wildman–Crippen LogP) is 1.06. The molecule has 1 aliphatic heterocycles. The second-order valence-electron chi connectivity index (χ2n) is 4.48. The number of carbonyl (C=O) groups excluding carboxylic acids is 1. The third-order valence-corrected chi connectivity index (χ3v) is 3.33. The fraction of sp³-hybridized carbons (Fsp3) is 0.214. The summed E-state index contributed by atoms with van der Waals surface area (Å²) >= 11 is 0. The highest BCUT2D eigenvalue weighted by molar-refractivity contribution is 5.91. The molecule has 2 N–H and O–H groups in total. The Morgan fingerprint density at radius 2 is 2.30 bits per heavy atom. The Hall–Kier alpha value is -2.65. The molecule has 1 aromatic heterocycles. The molecule has 1 aromatic carbocycles. The van der Waals surface area contributed by atoms with Crippen molar-refractivity contribution in [1.29, 1.82) is 5.26 Å². The van der Waals surface area contributed by atoms with Gasteiger partial charge in [0, 0.05) is 5.39 Å². The van der Waals surface area contributed by atoms with Crippen molar-refractivity contribution in [3.8, 4) is 11.8 Å². The Bertz CT molecular complexity index is 753. The lowest BCUT2D eigenvalue weighted by Gasteiger charge is -2.08. The van der Waals surface area contributed by atoms with Gasteiger partial charge in [0.25, 0.3) is 11.5 Å². The summed E-state index contributed by atoms with van der Waals surface area (Å²) in [5, 5.41) is 9.99. The van der Waals surface area contributed by atoms with E-state index in [0.717, 1.165) is 10.9 Å². The Morgan fingerprint density at radius 1 is 1.55 bits per heavy atom. The van der Waals surface area contributed by atoms with Gasteiger partial charge in [0.1, 0.15) is 17.5 Å². The van der Waals surface area contributed by atoms with Gasteiger partial charge in [-0.2, -0.15) is 5.26 Å². The van der Waals surface area contributed by atoms with Gasteiger partial charge in [0.05, 0.1) is 12.6 Å². The third-order valence-electron chi connectivity index (χ3n) is 3.33. The second kappa shape index (κ2) is 4.18. The van der Waals surface area contributed by atoms with E-state index in [2.05, 4.69) is 4.98 Å². The number of pyridine rings is 1. The molecule has 2 heterocycles. The number of primary amides is 1. The standard InChI is InChI=1S/C14H11N3O3/c1-19-10-6-8-4-2-3-5-9(8)17-11(10)12-14(7-15,20-12)13(16)18/h2-6,12H,1H3,(H2,16,18). The first-order valence-electron chi connectivity index (χ1n) is 5.95. The minimum atomic E-state index is -1.64. The molecule has 0 radical (unpaired) electrons. The van der Waals surface area contributed by atoms with E-state index >= 15 is 0 Å². The maximum Gasteiger partial charge on any atom is 0.267 e. The van der Waals surface area contributed by atoms with Crippen LogP contribution in [0.4, 0.5) is 0 Å². The van der Waals surface area contributed by atoms with Crippen molar-refractivity contribution in [3.05, 3.63) is 36.0 Å². The van der Waals surface area contributed by atoms with Crippen LogP contribution in [0.2, 0.25) is 0 Å². The molecule has 6 nitrogen and oxygen atoms in total. The molecule has 100 valence electrons. The third kappa shape index (κ3) is 1.61. The number of hydrogen-bond acceptors (Lipinski definition) is 5. The maximum absolute atomic E-state index is 11.4. The second-order valence-corrected chi connectivity index (χ2v) is 4.48. The number of nitrogens with zero attached hydrogens (tertiary/aromatic N) is 2. The largest absolute Gasteiger partial charge is 0.495 e. The summed E-state index contributed by atoms with van der Waals surface area (Å²) in [4.78, 5) is 15.8. The van der Waals surface area contributed by atoms with Crippen LogP contribution in [0.1, 0.15) is 11.8 Å². The fourth-order valence-corrected chi connectivity index (χ4v) is 2.19. The van der Waals surface area contributed by atoms with E-state index in [1.165, 1.54) is 7.11 Å². The van der Waals surface area contributed by atoms with E-state index in [0.29, 0.717) is 11.4 Å². The van der Waals surface area contributed by atoms with Gasteiger partial charge in [-0.05, 0) is 12.1 Å². The summed E-state index contributed by atoms with van der Waals surface area (Å²) in [7, 11) is 1.50. The van der Waals surface area contributed by atoms with Crippen LogP contribution in [0.25, 0.3) is 10.9 Å². The number of carbonyl (C=O) groups is 1. The van der Waals surface area contributed by atoms with Gasteiger partial charge >= 0.3 is 0 Å². The fourth-order valence-electron chi connectivity index (χ4n) is 2.19. The summed E-state index contributed by atoms with van der Waals surface area (Å²) in [6.07, 6.45) is -0.787. The molecular weight excluding hydrogens is 258 g/mol. The molecule has 1 aliphatic rings. The molecule has 0 spiro atoms. The molecule has 20 heavy (non-hydrogen) atoms. The maximum atomic E-state index is 11.4. The number of amides is 1. The molecule has 3 rings (SSSR count). The molecule has 2 unspecified atom stereocenters. The number of fused-ring (bicyclic) bond motifs is 1. The van der Waals surface area contributed by atoms with Crippen molar-refractivity contribution in [1.82, 2.24) is 4.98 Å². The van der Waals surface area contributed by atoms with Crippen LogP contribution in [-0.4, -0.2) is 23.6 Å². The van der Waals surface area contributed by atoms with E-state index < -0.39 is 17.6 Å². The predicted molar refractivity (Wildman–Crippen MR) is 69.7 cm³/mol. The van der Waals surface area contributed by atoms with Crippen LogP contribution in [0, 0.1) is 11.3 Å². The summed E-state index contributed by atoms with van der Waals surface area (Å²) in [5.41, 5.74) is 4.72. The summed E-state index contributed by atoms with van der Waals surface area (Å²) in [5.74, 6) is -0.353. The zero-order chi connectivity index (χ0) is 14.3. The molecule has 2 aromatic rings. The van der Waals surface area contributed by atoms with Crippen molar-refractivity contribution >= 4 is 16.8 Å². The molecule has 1 fully saturated rings. The molecule has 0 aliphatic carbocycles. The van der Waals surface area contributed by atoms with Crippen molar-refractivity contribution < 1.29 is 14.3 Å². The van der Waals surface area contributed by atoms with Crippen molar-refractivity contribution in [2.24, 2.45) is 5.73 Å². The van der Waals surface area contributed by atoms with Gasteiger partial charge < -0.3 is 15.2 Å². The number of rotatable bonds is 3. The topological polar surface area (TPSA) is 102 Å². The van der Waals surface area contributed by atoms with Crippen LogP contribution < -0.4 is 10.5 Å². The average Bonchev–Trinajstić information content (AvgIpc) is 3.22. The number of para-hydroxylation sites is 1. The van der Waals surface area contributed by atoms with Gasteiger partial charge in [0.2, 0.25) is 0 Å². The Kier molecular flexibility index (Phi) is 2.59. The summed E-state index contributed by atoms with van der Waals surface area (Å²) in [6, 6.07) is 11.1. The lowest BCUT2D eigenvalue weighted by Crippen LogP contribution is -2.31. The quantitative estimate of drug-likeness (QED) is 0.839. The van der Waals surface area contributed by atoms with Gasteiger partial charge in [0.15, 0.2) is 6.10 Å². The number of aromatic nitrogens is 1. The number of epoxide rings is 1. The number of ether oxygens (including phenoxy) is 2. The number of nitriles is 1. The van der Waals surface area contributed by atoms with E-state index in [4.69, 9.17) is 20.5 Å². The van der Waals surface area contributed by atoms with Gasteiger partial charge in [-0.1, -0.05) is 18.2 Å². The number of benzene rings is 1. The zero-order valence-corrected chi connectivity index (χ0v) is 10.7. The molecule has 1 saturated heterocycles. The zero-order valence-electron chi connectivity index (χ0n) is 10.7. The average molecular weight is 269 g/mol. The molecule has 0 bridgehead atoms. The molecule has 6 heteroatoms. The first-order chi connectivity index (χ1) is 9.62. The Morgan fingerprint density at radius 3 is 2.90 bits per heavy atom. The normalized spacial score (nSPS) is 24.1. The van der Waals surface area contributed by atoms with Crippen LogP contribution in [-0.2, 0) is 9.53 Å². The number of hydrogen-bond donors (Lipinski definition) is 1. The van der Waals surface area contributed by atoms with Crippen LogP contribution in [0.5, 0.6) is 5.75 Å². The monoisotopic (exact) mass is 269 g/mol. The van der Waals surface area contributed by atoms with Crippen molar-refractivity contribution in [3.63, 3.8) is 0 Å². The first kappa shape index (κ1) is 12.4. The molecule has 1 amide bonds. The van der Waals surface area contributed by atoms with Crippen LogP contribution >= 0.6 is 0 Å². The highest BCUT2D eigenvalue weighted by atomic mass is 16.6. The highest BCUT2D eigenvalue weighted by Gasteiger charge is 2.65. The highest BCUT2D eigenvalue weighted by Crippen LogP contribution is 2.51. The van der Waals surface area contributed by atoms with Crippen LogP contribution in [0.3, 0.4) is 0 Å². The molecule has 0 saturated carbocycles. The van der Waals surface area contributed by atoms with Crippen molar-refractivity contribution in [2.75, 3.05) is 7.11 Å². The smallest absolute Gasteiger partial charge is 0.267 e. The Labute approximate surface area is 114 Å². The molecular formula is C14H11N3O3. The first-order valence-corrected chi connectivity index (χ1v) is 5.95. The lowest BCUT2D eigenvalue weighted by atomic mass is 10.0. The summed E-state index contributed by atoms with van der Waals surface area (Å²) in [6.45, 7) is 0. The SMILES string of the molecule is COc1cc2ccccc2nc1C1OC1(C#N)C(N)=O. The van der Waals surface area contributed by atoms with Gasteiger partial charge in [-0.15, -0.1) is 0 Å². The van der Waals surface area contributed by atoms with E-state index in [1.807, 2.05) is 30.3 Å². The Balaban J connectivity index is 2.13. The van der Waals surface area contributed by atoms with E-state index in [-0.39, 0.29) is 0 Å². The van der Waals surface area contributed by atoms with Crippen molar-refractivity contribution in [2.45, 2.75) is 11.7 Å². The summed E-state index contributed by atoms with van der Waals surface area (Å²) < 4.78 is 10.5. The van der Waals surface area contributed by atoms with Crippen LogP contribution in [0.15, 0.2) is 30.3 Å². The minimum Gasteiger partial charge on any atom is -0.495 e. The minimum absolute atomic E-state index is 0.409. The number of nitrogens with two attached hydrogens (primary N) is 1. The van der Waals surface area contributed by atoms with Gasteiger partial charge in [-0.25, -0.2) is 4.98 Å². The lowest BCUT2D eigenvalue weighted by molar-refractivity contribution is -0.121. The molecule has 2 atom stereocenters. The van der Waals surface area contributed by atoms with Gasteiger partial charge in [-0.3, -0.25) is 4.79 Å². The number of methoxy groups -OCH3 is 1.